The van der Waals surface area contributed by atoms with Gasteiger partial charge >= 0.3 is 0 Å². The molecule has 0 radical (unpaired) electrons. The van der Waals surface area contributed by atoms with E-state index in [4.69, 9.17) is 0 Å². The SMILES string of the molecule is CCOS(=O)(=O)[N-]CC(C)(C)CC.[CH3+]. The van der Waals surface area contributed by atoms with Gasteiger partial charge < -0.3 is 4.72 Å². The Kier molecular flexibility index (Phi) is 7.24. The highest BCUT2D eigenvalue weighted by molar-refractivity contribution is 7.89. The zero-order valence-corrected chi connectivity index (χ0v) is 10.5. The molecule has 0 heterocycles. The molecule has 0 atom stereocenters. The van der Waals surface area contributed by atoms with Crippen LogP contribution in [0, 0.1) is 12.8 Å². The molecule has 0 saturated heterocycles. The van der Waals surface area contributed by atoms with Crippen molar-refractivity contribution in [2.45, 2.75) is 34.1 Å². The van der Waals surface area contributed by atoms with Crippen LogP contribution in [-0.4, -0.2) is 21.6 Å². The van der Waals surface area contributed by atoms with Crippen molar-refractivity contribution in [2.24, 2.45) is 5.41 Å². The Morgan fingerprint density at radius 2 is 1.79 bits per heavy atom. The number of nitrogens with zero attached hydrogens (tertiary/aromatic N) is 1. The van der Waals surface area contributed by atoms with Gasteiger partial charge in [0.25, 0.3) is 0 Å². The lowest BCUT2D eigenvalue weighted by Gasteiger charge is -2.31. The van der Waals surface area contributed by atoms with Crippen molar-refractivity contribution in [3.8, 4) is 0 Å². The maximum absolute atomic E-state index is 11.0. The minimum atomic E-state index is -3.65. The van der Waals surface area contributed by atoms with Crippen LogP contribution in [0.25, 0.3) is 4.72 Å². The molecule has 0 N–H and O–H groups in total. The van der Waals surface area contributed by atoms with Crippen LogP contribution in [0.3, 0.4) is 0 Å². The highest BCUT2D eigenvalue weighted by Gasteiger charge is 2.11. The third-order valence-electron chi connectivity index (χ3n) is 1.87. The summed E-state index contributed by atoms with van der Waals surface area (Å²) in [5.41, 5.74) is -0.0792. The van der Waals surface area contributed by atoms with Gasteiger partial charge in [-0.2, -0.15) is 0 Å². The minimum absolute atomic E-state index is 0. The zero-order valence-electron chi connectivity index (χ0n) is 9.70. The highest BCUT2D eigenvalue weighted by atomic mass is 32.2. The standard InChI is InChI=1S/C8H18NO3S.CH3/c1-5-8(3,4)7-9-13(10,11)12-6-2;/h5-7H2,1-4H3;1H3/q-1;+1. The van der Waals surface area contributed by atoms with Crippen molar-refractivity contribution in [1.29, 1.82) is 0 Å². The zero-order chi connectivity index (χ0) is 10.5. The Morgan fingerprint density at radius 3 is 2.14 bits per heavy atom. The van der Waals surface area contributed by atoms with Crippen molar-refractivity contribution >= 4 is 10.3 Å². The first kappa shape index (κ1) is 16.2. The van der Waals surface area contributed by atoms with Gasteiger partial charge in [-0.3, -0.25) is 4.18 Å². The van der Waals surface area contributed by atoms with Crippen LogP contribution < -0.4 is 0 Å². The molecule has 14 heavy (non-hydrogen) atoms. The molecular weight excluding hydrogens is 202 g/mol. The van der Waals surface area contributed by atoms with Gasteiger partial charge in [0.15, 0.2) is 10.3 Å². The first-order valence-corrected chi connectivity index (χ1v) is 5.77. The van der Waals surface area contributed by atoms with E-state index in [9.17, 15) is 8.42 Å². The topological polar surface area (TPSA) is 57.5 Å². The van der Waals surface area contributed by atoms with Crippen LogP contribution in [0.5, 0.6) is 0 Å². The van der Waals surface area contributed by atoms with E-state index in [1.54, 1.807) is 6.92 Å². The maximum Gasteiger partial charge on any atom is 0.190 e. The van der Waals surface area contributed by atoms with Gasteiger partial charge in [-0.1, -0.05) is 32.6 Å². The van der Waals surface area contributed by atoms with E-state index < -0.39 is 10.3 Å². The summed E-state index contributed by atoms with van der Waals surface area (Å²) < 4.78 is 30.0. The van der Waals surface area contributed by atoms with E-state index in [0.717, 1.165) is 6.42 Å². The molecule has 0 bridgehead atoms. The summed E-state index contributed by atoms with van der Waals surface area (Å²) in [6.45, 7) is 7.99. The fourth-order valence-corrected chi connectivity index (χ4v) is 1.43. The van der Waals surface area contributed by atoms with Crippen LogP contribution in [0.2, 0.25) is 0 Å². The monoisotopic (exact) mass is 223 g/mol. The fourth-order valence-electron chi connectivity index (χ4n) is 0.552. The van der Waals surface area contributed by atoms with E-state index in [0.29, 0.717) is 0 Å². The van der Waals surface area contributed by atoms with Crippen LogP contribution >= 0.6 is 0 Å². The Hall–Kier alpha value is -0.260. The molecule has 0 unspecified atom stereocenters. The predicted molar refractivity (Wildman–Crippen MR) is 59.3 cm³/mol. The summed E-state index contributed by atoms with van der Waals surface area (Å²) in [6.07, 6.45) is 0.887. The Labute approximate surface area is 88.3 Å². The summed E-state index contributed by atoms with van der Waals surface area (Å²) >= 11 is 0. The van der Waals surface area contributed by atoms with E-state index in [-0.39, 0.29) is 26.0 Å². The Balaban J connectivity index is 0. The maximum atomic E-state index is 11.0. The van der Waals surface area contributed by atoms with Crippen molar-refractivity contribution in [3.63, 3.8) is 0 Å². The summed E-state index contributed by atoms with van der Waals surface area (Å²) in [6, 6.07) is 0. The molecule has 86 valence electrons. The lowest BCUT2D eigenvalue weighted by molar-refractivity contribution is 0.335. The quantitative estimate of drug-likeness (QED) is 0.650. The first-order valence-electron chi connectivity index (χ1n) is 4.41. The molecule has 4 nitrogen and oxygen atoms in total. The van der Waals surface area contributed by atoms with Crippen molar-refractivity contribution in [3.05, 3.63) is 12.1 Å². The van der Waals surface area contributed by atoms with E-state index in [1.807, 2.05) is 20.8 Å². The number of rotatable bonds is 6. The Bertz CT molecular complexity index is 234. The molecule has 0 aromatic carbocycles. The van der Waals surface area contributed by atoms with Crippen molar-refractivity contribution in [1.82, 2.24) is 0 Å². The van der Waals surface area contributed by atoms with Gasteiger partial charge in [0, 0.05) is 7.43 Å². The summed E-state index contributed by atoms with van der Waals surface area (Å²) in [5, 5.41) is 0. The second-order valence-electron chi connectivity index (χ2n) is 3.64. The lowest BCUT2D eigenvalue weighted by atomic mass is 9.91. The van der Waals surface area contributed by atoms with Gasteiger partial charge in [-0.25, -0.2) is 8.42 Å². The average molecular weight is 223 g/mol. The molecule has 5 heteroatoms. The smallest absolute Gasteiger partial charge is 0.190 e. The van der Waals surface area contributed by atoms with E-state index >= 15 is 0 Å². The fraction of sp³-hybridized carbons (Fsp3) is 0.889. The van der Waals surface area contributed by atoms with E-state index in [2.05, 4.69) is 8.91 Å². The molecular formula is C9H21NO3S. The van der Waals surface area contributed by atoms with Crippen molar-refractivity contribution in [2.75, 3.05) is 13.2 Å². The normalized spacial score (nSPS) is 12.3. The second kappa shape index (κ2) is 6.27. The molecule has 0 aromatic rings. The van der Waals surface area contributed by atoms with Crippen LogP contribution in [0.15, 0.2) is 0 Å². The molecule has 0 aromatic heterocycles. The third-order valence-corrected chi connectivity index (χ3v) is 2.85. The Morgan fingerprint density at radius 1 is 1.29 bits per heavy atom. The van der Waals surface area contributed by atoms with Crippen LogP contribution in [0.4, 0.5) is 0 Å². The molecule has 0 aliphatic rings. The number of hydrogen-bond acceptors (Lipinski definition) is 3. The van der Waals surface area contributed by atoms with Gasteiger partial charge in [0.2, 0.25) is 0 Å². The highest BCUT2D eigenvalue weighted by Crippen LogP contribution is 2.23. The summed E-state index contributed by atoms with van der Waals surface area (Å²) in [5.74, 6) is 0. The summed E-state index contributed by atoms with van der Waals surface area (Å²) in [4.78, 5) is 0. The van der Waals surface area contributed by atoms with Crippen LogP contribution in [-0.2, 0) is 14.5 Å². The second-order valence-corrected chi connectivity index (χ2v) is 4.99. The van der Waals surface area contributed by atoms with Crippen LogP contribution in [0.1, 0.15) is 34.1 Å². The molecule has 0 amide bonds. The third kappa shape index (κ3) is 7.17. The van der Waals surface area contributed by atoms with Gasteiger partial charge in [0.05, 0.1) is 6.61 Å². The predicted octanol–water partition coefficient (Wildman–Crippen LogP) is 2.53. The molecule has 0 saturated carbocycles. The molecule has 0 aliphatic carbocycles. The molecule has 0 spiro atoms. The molecule has 0 fully saturated rings. The minimum Gasteiger partial charge on any atom is -0.524 e. The van der Waals surface area contributed by atoms with Gasteiger partial charge in [-0.05, 0) is 6.92 Å². The summed E-state index contributed by atoms with van der Waals surface area (Å²) in [7, 11) is -3.65. The average Bonchev–Trinajstić information content (AvgIpc) is 2.02. The van der Waals surface area contributed by atoms with Gasteiger partial charge in [-0.15, -0.1) is 6.54 Å². The largest absolute Gasteiger partial charge is 0.524 e. The molecule has 0 rings (SSSR count). The van der Waals surface area contributed by atoms with E-state index in [1.165, 1.54) is 0 Å². The first-order chi connectivity index (χ1) is 5.83. The number of hydrogen-bond donors (Lipinski definition) is 0. The molecule has 0 aliphatic heterocycles. The lowest BCUT2D eigenvalue weighted by Crippen LogP contribution is -2.18. The van der Waals surface area contributed by atoms with Gasteiger partial charge in [0.1, 0.15) is 0 Å². The van der Waals surface area contributed by atoms with Crippen molar-refractivity contribution < 1.29 is 12.6 Å².